The van der Waals surface area contributed by atoms with Crippen LogP contribution in [0.25, 0.3) is 0 Å². The minimum Gasteiger partial charge on any atom is -0.340 e. The molecule has 1 amide bonds. The van der Waals surface area contributed by atoms with Gasteiger partial charge in [-0.2, -0.15) is 30.6 Å². The van der Waals surface area contributed by atoms with E-state index in [0.717, 1.165) is 4.31 Å². The van der Waals surface area contributed by atoms with Crippen molar-refractivity contribution in [1.82, 2.24) is 13.9 Å². The Balaban J connectivity index is 1.88. The maximum Gasteiger partial charge on any atom is 0.402 e. The summed E-state index contributed by atoms with van der Waals surface area (Å²) in [6.07, 6.45) is -4.54. The normalized spacial score (nSPS) is 16.9. The quantitative estimate of drug-likeness (QED) is 0.814. The Labute approximate surface area is 148 Å². The molecular weight excluding hydrogens is 383 g/mol. The molecule has 6 nitrogen and oxygen atoms in total. The maximum absolute atomic E-state index is 12.3. The second kappa shape index (κ2) is 7.90. The van der Waals surface area contributed by atoms with E-state index in [1.165, 1.54) is 9.62 Å². The molecule has 0 aliphatic carbocycles. The molecule has 0 spiro atoms. The first-order valence-electron chi connectivity index (χ1n) is 7.41. The average Bonchev–Trinajstić information content (AvgIpc) is 2.55. The highest BCUT2D eigenvalue weighted by atomic mass is 35.5. The van der Waals surface area contributed by atoms with E-state index in [4.69, 9.17) is 11.6 Å². The Morgan fingerprint density at radius 3 is 2.32 bits per heavy atom. The molecule has 1 fully saturated rings. The van der Waals surface area contributed by atoms with Crippen molar-refractivity contribution in [3.63, 3.8) is 0 Å². The molecule has 1 saturated heterocycles. The van der Waals surface area contributed by atoms with Gasteiger partial charge in [0.25, 0.3) is 10.2 Å². The molecule has 140 valence electrons. The van der Waals surface area contributed by atoms with Gasteiger partial charge in [-0.25, -0.2) is 0 Å². The number of carbonyl (C=O) groups is 1. The van der Waals surface area contributed by atoms with Crippen molar-refractivity contribution in [2.75, 3.05) is 32.7 Å². The first kappa shape index (κ1) is 20.0. The second-order valence-corrected chi connectivity index (χ2v) is 7.65. The van der Waals surface area contributed by atoms with Crippen LogP contribution in [0.5, 0.6) is 0 Å². The Hall–Kier alpha value is -1.36. The molecule has 0 atom stereocenters. The molecule has 2 rings (SSSR count). The molecule has 1 aromatic carbocycles. The van der Waals surface area contributed by atoms with Crippen LogP contribution < -0.4 is 4.72 Å². The number of hydrogen-bond acceptors (Lipinski definition) is 3. The Kier molecular flexibility index (Phi) is 6.30. The molecule has 25 heavy (non-hydrogen) atoms. The lowest BCUT2D eigenvalue weighted by atomic mass is 10.1. The van der Waals surface area contributed by atoms with E-state index in [-0.39, 0.29) is 38.5 Å². The van der Waals surface area contributed by atoms with E-state index in [1.54, 1.807) is 24.3 Å². The number of carbonyl (C=O) groups excluding carboxylic acids is 1. The summed E-state index contributed by atoms with van der Waals surface area (Å²) in [5.74, 6) is -0.214. The molecule has 1 heterocycles. The predicted octanol–water partition coefficient (Wildman–Crippen LogP) is 1.42. The van der Waals surface area contributed by atoms with Crippen LogP contribution in [0.1, 0.15) is 5.56 Å². The van der Waals surface area contributed by atoms with Gasteiger partial charge in [-0.15, -0.1) is 0 Å². The first-order chi connectivity index (χ1) is 11.6. The highest BCUT2D eigenvalue weighted by Gasteiger charge is 2.33. The third kappa shape index (κ3) is 5.84. The van der Waals surface area contributed by atoms with E-state index in [9.17, 15) is 26.4 Å². The molecule has 0 unspecified atom stereocenters. The zero-order valence-electron chi connectivity index (χ0n) is 13.1. The van der Waals surface area contributed by atoms with E-state index < -0.39 is 22.9 Å². The van der Waals surface area contributed by atoms with Crippen molar-refractivity contribution in [2.45, 2.75) is 12.6 Å². The number of nitrogens with zero attached hydrogens (tertiary/aromatic N) is 2. The molecule has 1 aliphatic rings. The van der Waals surface area contributed by atoms with Gasteiger partial charge < -0.3 is 4.90 Å². The highest BCUT2D eigenvalue weighted by Crippen LogP contribution is 2.17. The SMILES string of the molecule is O=C(Cc1ccccc1Cl)N1CCN(S(=O)(=O)NCC(F)(F)F)CC1. The summed E-state index contributed by atoms with van der Waals surface area (Å²) < 4.78 is 62.5. The summed E-state index contributed by atoms with van der Waals surface area (Å²) in [6, 6.07) is 6.89. The molecule has 11 heteroatoms. The Morgan fingerprint density at radius 1 is 1.16 bits per heavy atom. The maximum atomic E-state index is 12.3. The van der Waals surface area contributed by atoms with Gasteiger partial charge in [0.15, 0.2) is 0 Å². The number of piperazine rings is 1. The lowest BCUT2D eigenvalue weighted by Crippen LogP contribution is -2.54. The number of amides is 1. The monoisotopic (exact) mass is 399 g/mol. The molecule has 0 bridgehead atoms. The predicted molar refractivity (Wildman–Crippen MR) is 86.3 cm³/mol. The molecular formula is C14H17ClF3N3O3S. The molecule has 0 aromatic heterocycles. The summed E-state index contributed by atoms with van der Waals surface area (Å²) in [7, 11) is -4.23. The number of hydrogen-bond donors (Lipinski definition) is 1. The van der Waals surface area contributed by atoms with Gasteiger partial charge in [0, 0.05) is 31.2 Å². The summed E-state index contributed by atoms with van der Waals surface area (Å²) in [4.78, 5) is 13.7. The minimum atomic E-state index is -4.63. The third-order valence-electron chi connectivity index (χ3n) is 3.69. The van der Waals surface area contributed by atoms with E-state index in [2.05, 4.69) is 0 Å². The first-order valence-corrected chi connectivity index (χ1v) is 9.23. The Bertz CT molecular complexity index is 720. The van der Waals surface area contributed by atoms with Crippen LogP contribution in [0.3, 0.4) is 0 Å². The number of alkyl halides is 3. The lowest BCUT2D eigenvalue weighted by Gasteiger charge is -2.34. The number of nitrogens with one attached hydrogen (secondary N) is 1. The van der Waals surface area contributed by atoms with Gasteiger partial charge in [0.1, 0.15) is 6.54 Å². The summed E-state index contributed by atoms with van der Waals surface area (Å²) >= 11 is 6.00. The van der Waals surface area contributed by atoms with Gasteiger partial charge in [-0.05, 0) is 11.6 Å². The van der Waals surface area contributed by atoms with Crippen molar-refractivity contribution in [3.05, 3.63) is 34.9 Å². The van der Waals surface area contributed by atoms with Gasteiger partial charge in [0.2, 0.25) is 5.91 Å². The number of benzene rings is 1. The molecule has 1 aromatic rings. The highest BCUT2D eigenvalue weighted by molar-refractivity contribution is 7.87. The van der Waals surface area contributed by atoms with Crippen molar-refractivity contribution < 1.29 is 26.4 Å². The van der Waals surface area contributed by atoms with Gasteiger partial charge in [0.05, 0.1) is 6.42 Å². The van der Waals surface area contributed by atoms with Crippen LogP contribution in [0.2, 0.25) is 5.02 Å². The van der Waals surface area contributed by atoms with E-state index >= 15 is 0 Å². The van der Waals surface area contributed by atoms with Crippen LogP contribution >= 0.6 is 11.6 Å². The van der Waals surface area contributed by atoms with Crippen LogP contribution in [0.4, 0.5) is 13.2 Å². The average molecular weight is 400 g/mol. The third-order valence-corrected chi connectivity index (χ3v) is 5.61. The largest absolute Gasteiger partial charge is 0.402 e. The molecule has 0 radical (unpaired) electrons. The zero-order chi connectivity index (χ0) is 18.7. The van der Waals surface area contributed by atoms with Gasteiger partial charge >= 0.3 is 6.18 Å². The van der Waals surface area contributed by atoms with Crippen LogP contribution in [0.15, 0.2) is 24.3 Å². The summed E-state index contributed by atoms with van der Waals surface area (Å²) in [6.45, 7) is -1.55. The molecule has 1 aliphatic heterocycles. The van der Waals surface area contributed by atoms with Crippen LogP contribution in [-0.4, -0.2) is 62.4 Å². The van der Waals surface area contributed by atoms with Crippen LogP contribution in [-0.2, 0) is 21.4 Å². The minimum absolute atomic E-state index is 0.0680. The van der Waals surface area contributed by atoms with E-state index in [1.807, 2.05) is 0 Å². The zero-order valence-corrected chi connectivity index (χ0v) is 14.7. The van der Waals surface area contributed by atoms with E-state index in [0.29, 0.717) is 10.6 Å². The lowest BCUT2D eigenvalue weighted by molar-refractivity contribution is -0.131. The Morgan fingerprint density at radius 2 is 1.76 bits per heavy atom. The van der Waals surface area contributed by atoms with Gasteiger partial charge in [-0.1, -0.05) is 29.8 Å². The summed E-state index contributed by atoms with van der Waals surface area (Å²) in [5.41, 5.74) is 0.663. The molecule has 0 saturated carbocycles. The van der Waals surface area contributed by atoms with Gasteiger partial charge in [-0.3, -0.25) is 4.79 Å². The fraction of sp³-hybridized carbons (Fsp3) is 0.500. The topological polar surface area (TPSA) is 69.7 Å². The van der Waals surface area contributed by atoms with Crippen molar-refractivity contribution >= 4 is 27.7 Å². The fourth-order valence-electron chi connectivity index (χ4n) is 2.36. The second-order valence-electron chi connectivity index (χ2n) is 5.49. The van der Waals surface area contributed by atoms with Crippen molar-refractivity contribution in [3.8, 4) is 0 Å². The van der Waals surface area contributed by atoms with Crippen LogP contribution in [0, 0.1) is 0 Å². The molecule has 1 N–H and O–H groups in total. The number of halogens is 4. The standard InChI is InChI=1S/C14H17ClF3N3O3S/c15-12-4-2-1-3-11(12)9-13(22)20-5-7-21(8-6-20)25(23,24)19-10-14(16,17)18/h1-4,19H,5-10H2. The van der Waals surface area contributed by atoms with Crippen molar-refractivity contribution in [1.29, 1.82) is 0 Å². The fourth-order valence-corrected chi connectivity index (χ4v) is 3.73. The summed E-state index contributed by atoms with van der Waals surface area (Å²) in [5, 5.41) is 0.466. The van der Waals surface area contributed by atoms with Crippen molar-refractivity contribution in [2.24, 2.45) is 0 Å². The number of rotatable bonds is 5. The smallest absolute Gasteiger partial charge is 0.340 e.